The predicted molar refractivity (Wildman–Crippen MR) is 72.6 cm³/mol. The molecule has 0 aromatic carbocycles. The largest absolute Gasteiger partial charge is 0.387 e. The van der Waals surface area contributed by atoms with Crippen LogP contribution in [0.25, 0.3) is 9.40 Å². The van der Waals surface area contributed by atoms with Gasteiger partial charge < -0.3 is 5.11 Å². The first kappa shape index (κ1) is 10.9. The number of nitrogens with zero attached hydrogens (tertiary/aromatic N) is 1. The van der Waals surface area contributed by atoms with Gasteiger partial charge in [-0.15, -0.1) is 22.7 Å². The van der Waals surface area contributed by atoms with E-state index in [2.05, 4.69) is 22.5 Å². The van der Waals surface area contributed by atoms with Crippen molar-refractivity contribution < 1.29 is 5.11 Å². The number of hydrogen-bond donors (Lipinski definition) is 1. The Bertz CT molecular complexity index is 586. The summed E-state index contributed by atoms with van der Waals surface area (Å²) in [6, 6.07) is 8.08. The van der Waals surface area contributed by atoms with Crippen LogP contribution in [-0.2, 0) is 6.42 Å². The van der Waals surface area contributed by atoms with Crippen molar-refractivity contribution in [3.63, 3.8) is 0 Å². The molecule has 3 aromatic rings. The fourth-order valence-corrected chi connectivity index (χ4v) is 3.90. The third-order valence-corrected chi connectivity index (χ3v) is 4.83. The molecule has 0 aliphatic heterocycles. The summed E-state index contributed by atoms with van der Waals surface area (Å²) in [4.78, 5) is 5.10. The van der Waals surface area contributed by atoms with Crippen LogP contribution in [0.2, 0.25) is 0 Å². The van der Waals surface area contributed by atoms with Crippen LogP contribution in [0, 0.1) is 0 Å². The quantitative estimate of drug-likeness (QED) is 0.781. The number of aromatic nitrogens is 1. The van der Waals surface area contributed by atoms with Crippen LogP contribution in [-0.4, -0.2) is 10.1 Å². The molecule has 1 N–H and O–H groups in total. The summed E-state index contributed by atoms with van der Waals surface area (Å²) >= 11 is 3.39. The second kappa shape index (κ2) is 4.56. The van der Waals surface area contributed by atoms with Crippen LogP contribution in [0.1, 0.15) is 16.5 Å². The molecule has 0 amide bonds. The van der Waals surface area contributed by atoms with Gasteiger partial charge in [0.1, 0.15) is 0 Å². The summed E-state index contributed by atoms with van der Waals surface area (Å²) in [6.45, 7) is 0. The van der Waals surface area contributed by atoms with E-state index in [1.807, 2.05) is 12.1 Å². The number of thiophene rings is 2. The lowest BCUT2D eigenvalue weighted by molar-refractivity contribution is 0.182. The number of hydrogen-bond acceptors (Lipinski definition) is 4. The van der Waals surface area contributed by atoms with Crippen LogP contribution in [0.15, 0.2) is 42.0 Å². The van der Waals surface area contributed by atoms with Gasteiger partial charge in [-0.2, -0.15) is 0 Å². The molecule has 3 heterocycles. The highest BCUT2D eigenvalue weighted by molar-refractivity contribution is 7.26. The molecule has 0 saturated heterocycles. The fraction of sp³-hybridized carbons (Fsp3) is 0.154. The Morgan fingerprint density at radius 1 is 1.29 bits per heavy atom. The van der Waals surface area contributed by atoms with E-state index in [4.69, 9.17) is 0 Å². The fourth-order valence-electron chi connectivity index (χ4n) is 1.79. The molecule has 86 valence electrons. The Morgan fingerprint density at radius 3 is 3.00 bits per heavy atom. The molecule has 17 heavy (non-hydrogen) atoms. The average Bonchev–Trinajstić information content (AvgIpc) is 2.90. The summed E-state index contributed by atoms with van der Waals surface area (Å²) < 4.78 is 2.52. The van der Waals surface area contributed by atoms with Crippen molar-refractivity contribution in [1.29, 1.82) is 0 Å². The van der Waals surface area contributed by atoms with Gasteiger partial charge in [-0.05, 0) is 29.1 Å². The third kappa shape index (κ3) is 2.24. The molecule has 0 bridgehead atoms. The molecule has 0 aliphatic carbocycles. The molecule has 0 fully saturated rings. The monoisotopic (exact) mass is 261 g/mol. The molecule has 4 heteroatoms. The zero-order valence-electron chi connectivity index (χ0n) is 9.04. The van der Waals surface area contributed by atoms with Gasteiger partial charge in [-0.3, -0.25) is 4.98 Å². The molecule has 0 spiro atoms. The first-order valence-electron chi connectivity index (χ1n) is 5.37. The maximum atomic E-state index is 10.2. The number of rotatable bonds is 3. The van der Waals surface area contributed by atoms with E-state index in [-0.39, 0.29) is 0 Å². The van der Waals surface area contributed by atoms with E-state index in [0.717, 1.165) is 10.4 Å². The van der Waals surface area contributed by atoms with Gasteiger partial charge in [-0.25, -0.2) is 0 Å². The van der Waals surface area contributed by atoms with Gasteiger partial charge in [0, 0.05) is 33.1 Å². The van der Waals surface area contributed by atoms with Crippen molar-refractivity contribution in [1.82, 2.24) is 4.98 Å². The van der Waals surface area contributed by atoms with E-state index < -0.39 is 6.10 Å². The van der Waals surface area contributed by atoms with Gasteiger partial charge in [0.25, 0.3) is 0 Å². The summed E-state index contributed by atoms with van der Waals surface area (Å²) in [5, 5.41) is 12.3. The lowest BCUT2D eigenvalue weighted by atomic mass is 10.1. The SMILES string of the molecule is OC(Cc1cccnc1)c1cc2sccc2s1. The third-order valence-electron chi connectivity index (χ3n) is 2.64. The molecule has 3 rings (SSSR count). The van der Waals surface area contributed by atoms with Crippen molar-refractivity contribution in [2.45, 2.75) is 12.5 Å². The molecule has 0 saturated carbocycles. The molecule has 0 radical (unpaired) electrons. The van der Waals surface area contributed by atoms with Crippen LogP contribution in [0.5, 0.6) is 0 Å². The molecular weight excluding hydrogens is 250 g/mol. The maximum Gasteiger partial charge on any atom is 0.0923 e. The molecular formula is C13H11NOS2. The topological polar surface area (TPSA) is 33.1 Å². The second-order valence-corrected chi connectivity index (χ2v) is 5.94. The number of fused-ring (bicyclic) bond motifs is 1. The van der Waals surface area contributed by atoms with Gasteiger partial charge in [0.05, 0.1) is 6.10 Å². The van der Waals surface area contributed by atoms with Crippen LogP contribution < -0.4 is 0 Å². The number of aliphatic hydroxyl groups excluding tert-OH is 1. The Kier molecular flexibility index (Phi) is 2.93. The second-order valence-electron chi connectivity index (χ2n) is 3.88. The van der Waals surface area contributed by atoms with Crippen molar-refractivity contribution in [2.24, 2.45) is 0 Å². The van der Waals surface area contributed by atoms with E-state index in [0.29, 0.717) is 6.42 Å². The lowest BCUT2D eigenvalue weighted by Gasteiger charge is -2.07. The van der Waals surface area contributed by atoms with Crippen molar-refractivity contribution >= 4 is 32.1 Å². The maximum absolute atomic E-state index is 10.2. The summed E-state index contributed by atoms with van der Waals surface area (Å²) in [7, 11) is 0. The molecule has 0 aliphatic rings. The number of aliphatic hydroxyl groups is 1. The predicted octanol–water partition coefficient (Wildman–Crippen LogP) is 3.63. The van der Waals surface area contributed by atoms with Crippen LogP contribution in [0.3, 0.4) is 0 Å². The highest BCUT2D eigenvalue weighted by atomic mass is 32.1. The molecule has 2 nitrogen and oxygen atoms in total. The Morgan fingerprint density at radius 2 is 2.24 bits per heavy atom. The average molecular weight is 261 g/mol. The Labute approximate surface area is 107 Å². The highest BCUT2D eigenvalue weighted by Gasteiger charge is 2.12. The molecule has 1 atom stereocenters. The van der Waals surface area contributed by atoms with Crippen molar-refractivity contribution in [2.75, 3.05) is 0 Å². The van der Waals surface area contributed by atoms with E-state index >= 15 is 0 Å². The minimum atomic E-state index is -0.427. The van der Waals surface area contributed by atoms with Crippen molar-refractivity contribution in [3.05, 3.63) is 52.5 Å². The van der Waals surface area contributed by atoms with Gasteiger partial charge in [0.15, 0.2) is 0 Å². The molecule has 1 unspecified atom stereocenters. The lowest BCUT2D eigenvalue weighted by Crippen LogP contribution is -1.99. The van der Waals surface area contributed by atoms with E-state index in [9.17, 15) is 5.11 Å². The minimum absolute atomic E-state index is 0.427. The smallest absolute Gasteiger partial charge is 0.0923 e. The first-order chi connectivity index (χ1) is 8.33. The van der Waals surface area contributed by atoms with E-state index in [1.54, 1.807) is 35.1 Å². The minimum Gasteiger partial charge on any atom is -0.387 e. The summed E-state index contributed by atoms with van der Waals surface area (Å²) in [6.07, 6.45) is 3.75. The van der Waals surface area contributed by atoms with Crippen LogP contribution >= 0.6 is 22.7 Å². The van der Waals surface area contributed by atoms with Gasteiger partial charge in [0.2, 0.25) is 0 Å². The normalized spacial score (nSPS) is 13.0. The summed E-state index contributed by atoms with van der Waals surface area (Å²) in [5.74, 6) is 0. The summed E-state index contributed by atoms with van der Waals surface area (Å²) in [5.41, 5.74) is 1.07. The highest BCUT2D eigenvalue weighted by Crippen LogP contribution is 2.34. The van der Waals surface area contributed by atoms with Gasteiger partial charge in [-0.1, -0.05) is 6.07 Å². The Balaban J connectivity index is 1.82. The zero-order chi connectivity index (χ0) is 11.7. The Hall–Kier alpha value is -1.23. The zero-order valence-corrected chi connectivity index (χ0v) is 10.7. The number of pyridine rings is 1. The molecule has 3 aromatic heterocycles. The first-order valence-corrected chi connectivity index (χ1v) is 7.06. The van der Waals surface area contributed by atoms with Gasteiger partial charge >= 0.3 is 0 Å². The standard InChI is InChI=1S/C13H11NOS2/c15-10(6-9-2-1-4-14-8-9)12-7-13-11(17-12)3-5-16-13/h1-5,7-8,10,15H,6H2. The van der Waals surface area contributed by atoms with Crippen LogP contribution in [0.4, 0.5) is 0 Å². The van der Waals surface area contributed by atoms with Crippen molar-refractivity contribution in [3.8, 4) is 0 Å². The van der Waals surface area contributed by atoms with E-state index in [1.165, 1.54) is 9.40 Å².